The van der Waals surface area contributed by atoms with E-state index in [0.717, 1.165) is 12.1 Å². The average molecular weight is 247 g/mol. The summed E-state index contributed by atoms with van der Waals surface area (Å²) >= 11 is 4.00. The zero-order valence-corrected chi connectivity index (χ0v) is 9.35. The molecule has 0 heterocycles. The van der Waals surface area contributed by atoms with Crippen LogP contribution in [0.25, 0.3) is 6.08 Å². The van der Waals surface area contributed by atoms with Gasteiger partial charge < -0.3 is 5.73 Å². The number of anilines is 1. The molecule has 0 amide bonds. The van der Waals surface area contributed by atoms with Crippen LogP contribution in [-0.2, 0) is 6.18 Å². The number of rotatable bonds is 3. The lowest BCUT2D eigenvalue weighted by molar-refractivity contribution is -0.137. The number of alkyl halides is 3. The van der Waals surface area contributed by atoms with Crippen LogP contribution < -0.4 is 5.73 Å². The fraction of sp³-hybridized carbons (Fsp3) is 0.273. The summed E-state index contributed by atoms with van der Waals surface area (Å²) in [6.07, 6.45) is -0.307. The van der Waals surface area contributed by atoms with Crippen LogP contribution in [0.3, 0.4) is 0 Å². The monoisotopic (exact) mass is 247 g/mol. The van der Waals surface area contributed by atoms with Gasteiger partial charge in [0.25, 0.3) is 0 Å². The zero-order valence-electron chi connectivity index (χ0n) is 8.46. The molecule has 0 aromatic heterocycles. The number of allylic oxidation sites excluding steroid dienone is 1. The molecule has 1 rings (SSSR count). The van der Waals surface area contributed by atoms with Crippen molar-refractivity contribution in [3.8, 4) is 0 Å². The van der Waals surface area contributed by atoms with Gasteiger partial charge in [-0.25, -0.2) is 0 Å². The van der Waals surface area contributed by atoms with Crippen molar-refractivity contribution in [2.45, 2.75) is 12.6 Å². The Kier molecular flexibility index (Phi) is 4.29. The van der Waals surface area contributed by atoms with Crippen molar-refractivity contribution < 1.29 is 13.2 Å². The Hall–Kier alpha value is -1.10. The van der Waals surface area contributed by atoms with Crippen LogP contribution in [0.15, 0.2) is 24.3 Å². The predicted octanol–water partition coefficient (Wildman–Crippen LogP) is 3.62. The van der Waals surface area contributed by atoms with Crippen molar-refractivity contribution in [1.82, 2.24) is 0 Å². The molecule has 1 aromatic rings. The summed E-state index contributed by atoms with van der Waals surface area (Å²) < 4.78 is 37.2. The van der Waals surface area contributed by atoms with E-state index < -0.39 is 11.7 Å². The number of nitrogen functional groups attached to an aromatic ring is 1. The molecule has 1 aromatic carbocycles. The fourth-order valence-electron chi connectivity index (χ4n) is 1.18. The summed E-state index contributed by atoms with van der Waals surface area (Å²) in [6, 6.07) is 3.29. The SMILES string of the molecule is Nc1ccc(C(F)(F)F)cc1C=CCCS. The zero-order chi connectivity index (χ0) is 12.2. The summed E-state index contributed by atoms with van der Waals surface area (Å²) in [6.45, 7) is 0. The van der Waals surface area contributed by atoms with Crippen molar-refractivity contribution in [3.05, 3.63) is 35.4 Å². The van der Waals surface area contributed by atoms with Gasteiger partial charge in [0.2, 0.25) is 0 Å². The Labute approximate surface area is 97.6 Å². The largest absolute Gasteiger partial charge is 0.416 e. The van der Waals surface area contributed by atoms with E-state index in [9.17, 15) is 13.2 Å². The molecule has 0 saturated heterocycles. The molecule has 0 aliphatic heterocycles. The van der Waals surface area contributed by atoms with Crippen LogP contribution in [-0.4, -0.2) is 5.75 Å². The summed E-state index contributed by atoms with van der Waals surface area (Å²) in [5, 5.41) is 0. The molecule has 0 fully saturated rings. The lowest BCUT2D eigenvalue weighted by Crippen LogP contribution is -2.05. The molecule has 0 radical (unpaired) electrons. The normalized spacial score (nSPS) is 12.2. The Morgan fingerprint density at radius 1 is 1.31 bits per heavy atom. The third kappa shape index (κ3) is 3.48. The maximum atomic E-state index is 12.4. The number of halogens is 3. The molecular weight excluding hydrogens is 235 g/mol. The molecule has 0 saturated carbocycles. The van der Waals surface area contributed by atoms with Gasteiger partial charge in [0.1, 0.15) is 0 Å². The number of thiol groups is 1. The van der Waals surface area contributed by atoms with Gasteiger partial charge in [-0.1, -0.05) is 12.2 Å². The number of nitrogens with two attached hydrogens (primary N) is 1. The third-order valence-corrected chi connectivity index (χ3v) is 2.27. The van der Waals surface area contributed by atoms with E-state index in [-0.39, 0.29) is 0 Å². The van der Waals surface area contributed by atoms with Gasteiger partial charge in [0, 0.05) is 5.69 Å². The van der Waals surface area contributed by atoms with Crippen LogP contribution >= 0.6 is 12.6 Å². The molecule has 0 bridgehead atoms. The average Bonchev–Trinajstić information content (AvgIpc) is 2.19. The molecule has 1 nitrogen and oxygen atoms in total. The highest BCUT2D eigenvalue weighted by atomic mass is 32.1. The summed E-state index contributed by atoms with van der Waals surface area (Å²) in [5.41, 5.74) is 5.61. The molecule has 0 aliphatic carbocycles. The molecule has 0 atom stereocenters. The first kappa shape index (κ1) is 13.0. The van der Waals surface area contributed by atoms with Gasteiger partial charge in [-0.2, -0.15) is 25.8 Å². The maximum Gasteiger partial charge on any atom is 0.416 e. The molecule has 0 aliphatic rings. The fourth-order valence-corrected chi connectivity index (χ4v) is 1.33. The number of benzene rings is 1. The molecule has 0 unspecified atom stereocenters. The van der Waals surface area contributed by atoms with Crippen LogP contribution in [0.5, 0.6) is 0 Å². The smallest absolute Gasteiger partial charge is 0.398 e. The van der Waals surface area contributed by atoms with E-state index in [1.54, 1.807) is 12.2 Å². The van der Waals surface area contributed by atoms with Crippen molar-refractivity contribution in [1.29, 1.82) is 0 Å². The molecule has 0 spiro atoms. The molecule has 5 heteroatoms. The van der Waals surface area contributed by atoms with Crippen LogP contribution in [0.2, 0.25) is 0 Å². The summed E-state index contributed by atoms with van der Waals surface area (Å²) in [7, 11) is 0. The van der Waals surface area contributed by atoms with Crippen molar-refractivity contribution in [2.24, 2.45) is 0 Å². The van der Waals surface area contributed by atoms with Gasteiger partial charge in [-0.05, 0) is 35.9 Å². The van der Waals surface area contributed by atoms with E-state index in [2.05, 4.69) is 12.6 Å². The first-order valence-electron chi connectivity index (χ1n) is 4.69. The lowest BCUT2D eigenvalue weighted by Gasteiger charge is -2.08. The van der Waals surface area contributed by atoms with Crippen LogP contribution in [0.1, 0.15) is 17.5 Å². The maximum absolute atomic E-state index is 12.4. The quantitative estimate of drug-likeness (QED) is 0.619. The highest BCUT2D eigenvalue weighted by molar-refractivity contribution is 7.80. The van der Waals surface area contributed by atoms with Crippen molar-refractivity contribution >= 4 is 24.4 Å². The molecule has 16 heavy (non-hydrogen) atoms. The number of hydrogen-bond donors (Lipinski definition) is 2. The van der Waals surface area contributed by atoms with Gasteiger partial charge >= 0.3 is 6.18 Å². The van der Waals surface area contributed by atoms with Gasteiger partial charge in [-0.15, -0.1) is 0 Å². The Morgan fingerprint density at radius 3 is 2.56 bits per heavy atom. The highest BCUT2D eigenvalue weighted by Gasteiger charge is 2.30. The molecular formula is C11H12F3NS. The van der Waals surface area contributed by atoms with Crippen molar-refractivity contribution in [2.75, 3.05) is 11.5 Å². The minimum Gasteiger partial charge on any atom is -0.398 e. The Bertz CT molecular complexity index is 385. The Balaban J connectivity index is 3.00. The van der Waals surface area contributed by atoms with E-state index >= 15 is 0 Å². The first-order chi connectivity index (χ1) is 7.45. The third-order valence-electron chi connectivity index (χ3n) is 2.01. The minimum absolute atomic E-state index is 0.336. The van der Waals surface area contributed by atoms with E-state index in [1.807, 2.05) is 0 Å². The predicted molar refractivity (Wildman–Crippen MR) is 63.4 cm³/mol. The minimum atomic E-state index is -4.33. The van der Waals surface area contributed by atoms with Crippen LogP contribution in [0.4, 0.5) is 18.9 Å². The van der Waals surface area contributed by atoms with Gasteiger partial charge in [0.05, 0.1) is 5.56 Å². The van der Waals surface area contributed by atoms with E-state index in [1.165, 1.54) is 6.07 Å². The van der Waals surface area contributed by atoms with Crippen molar-refractivity contribution in [3.63, 3.8) is 0 Å². The van der Waals surface area contributed by atoms with E-state index in [4.69, 9.17) is 5.73 Å². The molecule has 2 N–H and O–H groups in total. The first-order valence-corrected chi connectivity index (χ1v) is 5.32. The standard InChI is InChI=1S/C11H12F3NS/c12-11(13,14)9-4-5-10(15)8(7-9)3-1-2-6-16/h1,3-5,7,16H,2,6,15H2. The Morgan fingerprint density at radius 2 is 2.00 bits per heavy atom. The topological polar surface area (TPSA) is 26.0 Å². The van der Waals surface area contributed by atoms with Gasteiger partial charge in [0.15, 0.2) is 0 Å². The summed E-state index contributed by atoms with van der Waals surface area (Å²) in [5.74, 6) is 0.648. The second-order valence-electron chi connectivity index (χ2n) is 3.26. The molecule has 88 valence electrons. The van der Waals surface area contributed by atoms with E-state index in [0.29, 0.717) is 23.4 Å². The number of hydrogen-bond acceptors (Lipinski definition) is 2. The van der Waals surface area contributed by atoms with Crippen LogP contribution in [0, 0.1) is 0 Å². The highest BCUT2D eigenvalue weighted by Crippen LogP contribution is 2.31. The van der Waals surface area contributed by atoms with Gasteiger partial charge in [-0.3, -0.25) is 0 Å². The summed E-state index contributed by atoms with van der Waals surface area (Å²) in [4.78, 5) is 0. The second kappa shape index (κ2) is 5.30. The second-order valence-corrected chi connectivity index (χ2v) is 3.70. The lowest BCUT2D eigenvalue weighted by atomic mass is 10.1.